The van der Waals surface area contributed by atoms with Gasteiger partial charge in [0, 0.05) is 6.54 Å². The third-order valence-corrected chi connectivity index (χ3v) is 3.79. The van der Waals surface area contributed by atoms with E-state index in [1.807, 2.05) is 0 Å². The standard InChI is InChI=1S/C12H21N3O2/c13-12(6-2-1-3-7-12)11(17)15-9-5-4-8-14-10(9)16/h9H,1-8,13H2,(H,14,16)(H,15,17). The summed E-state index contributed by atoms with van der Waals surface area (Å²) < 4.78 is 0. The molecule has 1 heterocycles. The van der Waals surface area contributed by atoms with Crippen molar-refractivity contribution in [2.45, 2.75) is 56.5 Å². The third-order valence-electron chi connectivity index (χ3n) is 3.79. The van der Waals surface area contributed by atoms with Crippen molar-refractivity contribution in [2.24, 2.45) is 5.73 Å². The van der Waals surface area contributed by atoms with Crippen LogP contribution in [-0.2, 0) is 9.59 Å². The van der Waals surface area contributed by atoms with Gasteiger partial charge in [-0.05, 0) is 25.7 Å². The Hall–Kier alpha value is -1.10. The second kappa shape index (κ2) is 5.04. The van der Waals surface area contributed by atoms with Gasteiger partial charge in [-0.1, -0.05) is 19.3 Å². The van der Waals surface area contributed by atoms with E-state index in [-0.39, 0.29) is 11.8 Å². The van der Waals surface area contributed by atoms with Crippen LogP contribution in [-0.4, -0.2) is 29.9 Å². The van der Waals surface area contributed by atoms with E-state index in [1.54, 1.807) is 0 Å². The Morgan fingerprint density at radius 1 is 1.29 bits per heavy atom. The van der Waals surface area contributed by atoms with Crippen LogP contribution in [0.2, 0.25) is 0 Å². The maximum Gasteiger partial charge on any atom is 0.242 e. The quantitative estimate of drug-likeness (QED) is 0.636. The van der Waals surface area contributed by atoms with Crippen molar-refractivity contribution in [1.82, 2.24) is 10.6 Å². The average Bonchev–Trinajstić information content (AvgIpc) is 2.33. The van der Waals surface area contributed by atoms with Gasteiger partial charge >= 0.3 is 0 Å². The van der Waals surface area contributed by atoms with Crippen LogP contribution in [0.4, 0.5) is 0 Å². The third kappa shape index (κ3) is 2.77. The minimum Gasteiger partial charge on any atom is -0.354 e. The lowest BCUT2D eigenvalue weighted by Crippen LogP contribution is -2.60. The van der Waals surface area contributed by atoms with Gasteiger partial charge in [0.25, 0.3) is 0 Å². The van der Waals surface area contributed by atoms with Gasteiger partial charge in [-0.15, -0.1) is 0 Å². The van der Waals surface area contributed by atoms with Crippen molar-refractivity contribution < 1.29 is 9.59 Å². The van der Waals surface area contributed by atoms with Crippen LogP contribution in [0.3, 0.4) is 0 Å². The van der Waals surface area contributed by atoms with Crippen LogP contribution in [0.5, 0.6) is 0 Å². The molecule has 0 aromatic carbocycles. The molecule has 4 N–H and O–H groups in total. The molecule has 1 saturated carbocycles. The molecule has 1 aliphatic carbocycles. The normalized spacial score (nSPS) is 28.3. The summed E-state index contributed by atoms with van der Waals surface area (Å²) >= 11 is 0. The van der Waals surface area contributed by atoms with Crippen LogP contribution >= 0.6 is 0 Å². The fourth-order valence-corrected chi connectivity index (χ4v) is 2.62. The molecule has 1 atom stereocenters. The smallest absolute Gasteiger partial charge is 0.242 e. The maximum atomic E-state index is 12.1. The molecule has 0 aromatic rings. The molecule has 2 aliphatic rings. The Morgan fingerprint density at radius 2 is 2.00 bits per heavy atom. The molecular formula is C12H21N3O2. The van der Waals surface area contributed by atoms with Crippen molar-refractivity contribution in [3.05, 3.63) is 0 Å². The summed E-state index contributed by atoms with van der Waals surface area (Å²) in [5.74, 6) is -0.233. The van der Waals surface area contributed by atoms with Crippen molar-refractivity contribution in [3.8, 4) is 0 Å². The summed E-state index contributed by atoms with van der Waals surface area (Å²) in [7, 11) is 0. The topological polar surface area (TPSA) is 84.2 Å². The fraction of sp³-hybridized carbons (Fsp3) is 0.833. The first-order chi connectivity index (χ1) is 8.12. The van der Waals surface area contributed by atoms with Gasteiger partial charge in [0.05, 0.1) is 5.54 Å². The molecule has 2 amide bonds. The number of carbonyl (C=O) groups excluding carboxylic acids is 2. The number of piperidine rings is 1. The van der Waals surface area contributed by atoms with Gasteiger partial charge in [0.1, 0.15) is 6.04 Å². The first-order valence-corrected chi connectivity index (χ1v) is 6.49. The molecule has 0 bridgehead atoms. The SMILES string of the molecule is NC1(C(=O)NC2CCCNC2=O)CCCCC1. The molecule has 5 heteroatoms. The van der Waals surface area contributed by atoms with E-state index in [4.69, 9.17) is 5.73 Å². The predicted molar refractivity (Wildman–Crippen MR) is 64.2 cm³/mol. The molecule has 1 unspecified atom stereocenters. The van der Waals surface area contributed by atoms with E-state index < -0.39 is 11.6 Å². The number of nitrogens with two attached hydrogens (primary N) is 1. The molecule has 5 nitrogen and oxygen atoms in total. The van der Waals surface area contributed by atoms with Gasteiger partial charge in [0.2, 0.25) is 11.8 Å². The van der Waals surface area contributed by atoms with Crippen LogP contribution in [0.25, 0.3) is 0 Å². The lowest BCUT2D eigenvalue weighted by atomic mass is 9.81. The van der Waals surface area contributed by atoms with E-state index in [9.17, 15) is 9.59 Å². The molecule has 2 fully saturated rings. The average molecular weight is 239 g/mol. The minimum atomic E-state index is -0.754. The zero-order valence-corrected chi connectivity index (χ0v) is 10.1. The Kier molecular flexibility index (Phi) is 3.66. The van der Waals surface area contributed by atoms with Gasteiger partial charge in [-0.25, -0.2) is 0 Å². The van der Waals surface area contributed by atoms with Gasteiger partial charge in [-0.2, -0.15) is 0 Å². The Bertz CT molecular complexity index is 311. The first kappa shape index (κ1) is 12.4. The summed E-state index contributed by atoms with van der Waals surface area (Å²) in [6, 6.07) is -0.390. The number of carbonyl (C=O) groups is 2. The second-order valence-corrected chi connectivity index (χ2v) is 5.18. The molecule has 0 aromatic heterocycles. The summed E-state index contributed by atoms with van der Waals surface area (Å²) in [4.78, 5) is 23.7. The highest BCUT2D eigenvalue weighted by Gasteiger charge is 2.37. The second-order valence-electron chi connectivity index (χ2n) is 5.18. The van der Waals surface area contributed by atoms with Crippen molar-refractivity contribution in [2.75, 3.05) is 6.54 Å². The fourth-order valence-electron chi connectivity index (χ4n) is 2.62. The van der Waals surface area contributed by atoms with E-state index in [2.05, 4.69) is 10.6 Å². The van der Waals surface area contributed by atoms with Crippen LogP contribution < -0.4 is 16.4 Å². The zero-order chi connectivity index (χ0) is 12.3. The van der Waals surface area contributed by atoms with E-state index in [0.717, 1.165) is 38.5 Å². The highest BCUT2D eigenvalue weighted by atomic mass is 16.2. The molecule has 1 saturated heterocycles. The highest BCUT2D eigenvalue weighted by molar-refractivity contribution is 5.92. The minimum absolute atomic E-state index is 0.0796. The predicted octanol–water partition coefficient (Wildman–Crippen LogP) is 0.0428. The molecule has 2 rings (SSSR count). The Balaban J connectivity index is 1.93. The number of amides is 2. The Labute approximate surface area is 102 Å². The first-order valence-electron chi connectivity index (χ1n) is 6.49. The largest absolute Gasteiger partial charge is 0.354 e. The Morgan fingerprint density at radius 3 is 2.65 bits per heavy atom. The van der Waals surface area contributed by atoms with Crippen molar-refractivity contribution in [1.29, 1.82) is 0 Å². The van der Waals surface area contributed by atoms with E-state index in [1.165, 1.54) is 0 Å². The molecular weight excluding hydrogens is 218 g/mol. The number of rotatable bonds is 2. The molecule has 17 heavy (non-hydrogen) atoms. The lowest BCUT2D eigenvalue weighted by Gasteiger charge is -2.34. The number of hydrogen-bond donors (Lipinski definition) is 3. The molecule has 1 aliphatic heterocycles. The van der Waals surface area contributed by atoms with E-state index in [0.29, 0.717) is 13.0 Å². The maximum absolute atomic E-state index is 12.1. The van der Waals surface area contributed by atoms with Crippen LogP contribution in [0.1, 0.15) is 44.9 Å². The van der Waals surface area contributed by atoms with Gasteiger partial charge < -0.3 is 16.4 Å². The van der Waals surface area contributed by atoms with Crippen LogP contribution in [0.15, 0.2) is 0 Å². The number of nitrogens with one attached hydrogen (secondary N) is 2. The molecule has 0 spiro atoms. The summed E-state index contributed by atoms with van der Waals surface area (Å²) in [6.07, 6.45) is 6.24. The van der Waals surface area contributed by atoms with Crippen molar-refractivity contribution in [3.63, 3.8) is 0 Å². The lowest BCUT2D eigenvalue weighted by molar-refractivity contribution is -0.133. The summed E-state index contributed by atoms with van der Waals surface area (Å²) in [5, 5.41) is 5.56. The monoisotopic (exact) mass is 239 g/mol. The van der Waals surface area contributed by atoms with Crippen LogP contribution in [0, 0.1) is 0 Å². The molecule has 96 valence electrons. The summed E-state index contributed by atoms with van der Waals surface area (Å²) in [6.45, 7) is 0.707. The highest BCUT2D eigenvalue weighted by Crippen LogP contribution is 2.26. The van der Waals surface area contributed by atoms with Gasteiger partial charge in [0.15, 0.2) is 0 Å². The van der Waals surface area contributed by atoms with Gasteiger partial charge in [-0.3, -0.25) is 9.59 Å². The van der Waals surface area contributed by atoms with Crippen molar-refractivity contribution >= 4 is 11.8 Å². The number of hydrogen-bond acceptors (Lipinski definition) is 3. The summed E-state index contributed by atoms with van der Waals surface area (Å²) in [5.41, 5.74) is 5.37. The zero-order valence-electron chi connectivity index (χ0n) is 10.1. The van der Waals surface area contributed by atoms with E-state index >= 15 is 0 Å². The molecule has 0 radical (unpaired) electrons.